The molecule has 0 radical (unpaired) electrons. The molecule has 0 aromatic heterocycles. The lowest BCUT2D eigenvalue weighted by molar-refractivity contribution is 0.326. The fourth-order valence-electron chi connectivity index (χ4n) is 2.65. The van der Waals surface area contributed by atoms with Gasteiger partial charge >= 0.3 is 0 Å². The van der Waals surface area contributed by atoms with Gasteiger partial charge in [-0.3, -0.25) is 4.90 Å². The summed E-state index contributed by atoms with van der Waals surface area (Å²) >= 11 is 6.21. The van der Waals surface area contributed by atoms with Crippen LogP contribution in [0.25, 0.3) is 0 Å². The standard InChI is InChI=1S/C14H19ClN2/c1-10-2-5-13(15)14(8-10)16-11-6-7-17(9-11)12-3-4-12/h2,5,8,11-12,16H,3-4,6-7,9H2,1H3. The van der Waals surface area contributed by atoms with Crippen molar-refractivity contribution in [1.82, 2.24) is 4.90 Å². The van der Waals surface area contributed by atoms with Crippen molar-refractivity contribution in [2.75, 3.05) is 18.4 Å². The van der Waals surface area contributed by atoms with Gasteiger partial charge in [-0.15, -0.1) is 0 Å². The zero-order valence-corrected chi connectivity index (χ0v) is 11.0. The maximum atomic E-state index is 6.21. The topological polar surface area (TPSA) is 15.3 Å². The van der Waals surface area contributed by atoms with Crippen molar-refractivity contribution in [2.24, 2.45) is 0 Å². The van der Waals surface area contributed by atoms with Gasteiger partial charge in [0, 0.05) is 25.2 Å². The van der Waals surface area contributed by atoms with Gasteiger partial charge in [0.1, 0.15) is 0 Å². The summed E-state index contributed by atoms with van der Waals surface area (Å²) in [4.78, 5) is 2.61. The molecule has 1 unspecified atom stereocenters. The van der Waals surface area contributed by atoms with Crippen LogP contribution < -0.4 is 5.32 Å². The summed E-state index contributed by atoms with van der Waals surface area (Å²) in [7, 11) is 0. The summed E-state index contributed by atoms with van der Waals surface area (Å²) in [5.74, 6) is 0. The monoisotopic (exact) mass is 250 g/mol. The minimum atomic E-state index is 0.565. The van der Waals surface area contributed by atoms with E-state index in [2.05, 4.69) is 29.3 Å². The lowest BCUT2D eigenvalue weighted by Gasteiger charge is -2.17. The largest absolute Gasteiger partial charge is 0.380 e. The maximum Gasteiger partial charge on any atom is 0.0637 e. The molecule has 0 bridgehead atoms. The van der Waals surface area contributed by atoms with E-state index in [0.717, 1.165) is 16.8 Å². The van der Waals surface area contributed by atoms with Crippen LogP contribution in [-0.2, 0) is 0 Å². The number of hydrogen-bond acceptors (Lipinski definition) is 2. The molecule has 92 valence electrons. The summed E-state index contributed by atoms with van der Waals surface area (Å²) in [5.41, 5.74) is 2.35. The molecule has 2 nitrogen and oxygen atoms in total. The Labute approximate surface area is 108 Å². The van der Waals surface area contributed by atoms with Gasteiger partial charge in [0.2, 0.25) is 0 Å². The summed E-state index contributed by atoms with van der Waals surface area (Å²) in [6.45, 7) is 4.52. The molecule has 1 saturated heterocycles. The first-order chi connectivity index (χ1) is 8.22. The molecule has 1 saturated carbocycles. The Hall–Kier alpha value is -0.730. The van der Waals surface area contributed by atoms with E-state index in [1.54, 1.807) is 0 Å². The van der Waals surface area contributed by atoms with Crippen molar-refractivity contribution in [3.8, 4) is 0 Å². The number of hydrogen-bond donors (Lipinski definition) is 1. The Morgan fingerprint density at radius 1 is 1.29 bits per heavy atom. The van der Waals surface area contributed by atoms with Gasteiger partial charge in [-0.05, 0) is 43.9 Å². The van der Waals surface area contributed by atoms with E-state index in [4.69, 9.17) is 11.6 Å². The van der Waals surface area contributed by atoms with Crippen LogP contribution in [0.2, 0.25) is 5.02 Å². The third kappa shape index (κ3) is 2.58. The van der Waals surface area contributed by atoms with E-state index >= 15 is 0 Å². The van der Waals surface area contributed by atoms with Crippen LogP contribution in [-0.4, -0.2) is 30.1 Å². The van der Waals surface area contributed by atoms with Crippen molar-refractivity contribution in [2.45, 2.75) is 38.3 Å². The Kier molecular flexibility index (Phi) is 3.01. The third-order valence-corrected chi connectivity index (χ3v) is 4.09. The van der Waals surface area contributed by atoms with Gasteiger partial charge in [0.05, 0.1) is 10.7 Å². The second-order valence-corrected chi connectivity index (χ2v) is 5.75. The molecule has 2 aliphatic rings. The minimum Gasteiger partial charge on any atom is -0.380 e. The van der Waals surface area contributed by atoms with E-state index in [0.29, 0.717) is 6.04 Å². The van der Waals surface area contributed by atoms with Crippen LogP contribution in [0.4, 0.5) is 5.69 Å². The normalized spacial score (nSPS) is 25.2. The molecule has 1 aliphatic heterocycles. The molecule has 1 aromatic rings. The zero-order chi connectivity index (χ0) is 11.8. The molecule has 0 amide bonds. The number of nitrogens with one attached hydrogen (secondary N) is 1. The summed E-state index contributed by atoms with van der Waals surface area (Å²) < 4.78 is 0. The Morgan fingerprint density at radius 2 is 2.12 bits per heavy atom. The molecule has 17 heavy (non-hydrogen) atoms. The molecule has 1 N–H and O–H groups in total. The SMILES string of the molecule is Cc1ccc(Cl)c(NC2CCN(C3CC3)C2)c1. The smallest absolute Gasteiger partial charge is 0.0637 e. The van der Waals surface area contributed by atoms with Crippen LogP contribution in [0.5, 0.6) is 0 Å². The highest BCUT2D eigenvalue weighted by molar-refractivity contribution is 6.33. The average Bonchev–Trinajstić information content (AvgIpc) is 3.05. The van der Waals surface area contributed by atoms with E-state index < -0.39 is 0 Å². The van der Waals surface area contributed by atoms with Crippen molar-refractivity contribution in [3.63, 3.8) is 0 Å². The molecule has 1 aromatic carbocycles. The number of aryl methyl sites for hydroxylation is 1. The second-order valence-electron chi connectivity index (χ2n) is 5.34. The number of nitrogens with zero attached hydrogens (tertiary/aromatic N) is 1. The molecule has 2 fully saturated rings. The van der Waals surface area contributed by atoms with Gasteiger partial charge in [-0.25, -0.2) is 0 Å². The van der Waals surface area contributed by atoms with Gasteiger partial charge in [-0.1, -0.05) is 17.7 Å². The van der Waals surface area contributed by atoms with Crippen molar-refractivity contribution >= 4 is 17.3 Å². The maximum absolute atomic E-state index is 6.21. The Morgan fingerprint density at radius 3 is 2.88 bits per heavy atom. The summed E-state index contributed by atoms with van der Waals surface area (Å²) in [5, 5.41) is 4.42. The lowest BCUT2D eigenvalue weighted by Crippen LogP contribution is -2.27. The molecule has 0 spiro atoms. The van der Waals surface area contributed by atoms with Gasteiger partial charge in [0.25, 0.3) is 0 Å². The first-order valence-electron chi connectivity index (χ1n) is 6.49. The van der Waals surface area contributed by atoms with Crippen molar-refractivity contribution in [1.29, 1.82) is 0 Å². The fraction of sp³-hybridized carbons (Fsp3) is 0.571. The molecular formula is C14H19ClN2. The van der Waals surface area contributed by atoms with Crippen molar-refractivity contribution < 1.29 is 0 Å². The molecular weight excluding hydrogens is 232 g/mol. The highest BCUT2D eigenvalue weighted by Crippen LogP contribution is 2.31. The van der Waals surface area contributed by atoms with E-state index in [1.807, 2.05) is 6.07 Å². The van der Waals surface area contributed by atoms with Gasteiger partial charge in [-0.2, -0.15) is 0 Å². The fourth-order valence-corrected chi connectivity index (χ4v) is 2.82. The first-order valence-corrected chi connectivity index (χ1v) is 6.87. The highest BCUT2D eigenvalue weighted by Gasteiger charge is 2.34. The van der Waals surface area contributed by atoms with E-state index in [9.17, 15) is 0 Å². The number of anilines is 1. The number of halogens is 1. The van der Waals surface area contributed by atoms with Crippen LogP contribution in [0.3, 0.4) is 0 Å². The lowest BCUT2D eigenvalue weighted by atomic mass is 10.2. The highest BCUT2D eigenvalue weighted by atomic mass is 35.5. The van der Waals surface area contributed by atoms with E-state index in [1.165, 1.54) is 37.9 Å². The Balaban J connectivity index is 1.64. The van der Waals surface area contributed by atoms with Crippen LogP contribution >= 0.6 is 11.6 Å². The second kappa shape index (κ2) is 4.51. The van der Waals surface area contributed by atoms with Crippen LogP contribution in [0.1, 0.15) is 24.8 Å². The third-order valence-electron chi connectivity index (χ3n) is 3.76. The minimum absolute atomic E-state index is 0.565. The average molecular weight is 251 g/mol. The quantitative estimate of drug-likeness (QED) is 0.886. The number of benzene rings is 1. The predicted molar refractivity (Wildman–Crippen MR) is 72.8 cm³/mol. The zero-order valence-electron chi connectivity index (χ0n) is 10.2. The summed E-state index contributed by atoms with van der Waals surface area (Å²) in [6.07, 6.45) is 4.04. The van der Waals surface area contributed by atoms with E-state index in [-0.39, 0.29) is 0 Å². The molecule has 1 heterocycles. The molecule has 3 rings (SSSR count). The van der Waals surface area contributed by atoms with Crippen LogP contribution in [0.15, 0.2) is 18.2 Å². The van der Waals surface area contributed by atoms with Crippen LogP contribution in [0, 0.1) is 6.92 Å². The van der Waals surface area contributed by atoms with Gasteiger partial charge in [0.15, 0.2) is 0 Å². The Bertz CT molecular complexity index is 415. The van der Waals surface area contributed by atoms with Crippen molar-refractivity contribution in [3.05, 3.63) is 28.8 Å². The first kappa shape index (κ1) is 11.4. The molecule has 1 aliphatic carbocycles. The number of rotatable bonds is 3. The summed E-state index contributed by atoms with van der Waals surface area (Å²) in [6, 6.07) is 7.62. The molecule has 3 heteroatoms. The predicted octanol–water partition coefficient (Wildman–Crippen LogP) is 3.30. The molecule has 1 atom stereocenters. The number of likely N-dealkylation sites (tertiary alicyclic amines) is 1. The van der Waals surface area contributed by atoms with Gasteiger partial charge < -0.3 is 5.32 Å².